The molecule has 0 aliphatic rings. The van der Waals surface area contributed by atoms with Gasteiger partial charge in [-0.25, -0.2) is 19.4 Å². The molecule has 2 rings (SSSR count). The molecule has 0 aliphatic heterocycles. The fraction of sp³-hybridized carbons (Fsp3) is 0.304. The molecule has 1 heterocycles. The number of aromatic nitrogens is 1. The van der Waals surface area contributed by atoms with Crippen molar-refractivity contribution in [3.05, 3.63) is 52.8 Å². The van der Waals surface area contributed by atoms with E-state index in [0.717, 1.165) is 0 Å². The maximum absolute atomic E-state index is 12.0. The second-order valence-corrected chi connectivity index (χ2v) is 6.28. The van der Waals surface area contributed by atoms with Crippen LogP contribution in [-0.4, -0.2) is 62.0 Å². The molecular weight excluding hydrogens is 434 g/mol. The molecule has 10 heteroatoms. The molecule has 2 aromatic rings. The highest BCUT2D eigenvalue weighted by atomic mass is 16.6. The van der Waals surface area contributed by atoms with Crippen molar-refractivity contribution >= 4 is 17.9 Å². The van der Waals surface area contributed by atoms with E-state index in [-0.39, 0.29) is 49.3 Å². The molecule has 1 aromatic heterocycles. The van der Waals surface area contributed by atoms with Gasteiger partial charge in [0.05, 0.1) is 33.1 Å². The minimum Gasteiger partial charge on any atom is -0.482 e. The highest BCUT2D eigenvalue weighted by molar-refractivity contribution is 5.87. The van der Waals surface area contributed by atoms with Gasteiger partial charge >= 0.3 is 17.9 Å². The average molecular weight is 457 g/mol. The first-order valence-corrected chi connectivity index (χ1v) is 9.73. The second kappa shape index (κ2) is 12.7. The Morgan fingerprint density at radius 3 is 1.91 bits per heavy atom. The molecule has 0 unspecified atom stereocenters. The number of hydrogen-bond donors (Lipinski definition) is 1. The van der Waals surface area contributed by atoms with E-state index in [0.29, 0.717) is 11.1 Å². The van der Waals surface area contributed by atoms with Crippen LogP contribution in [0.3, 0.4) is 0 Å². The van der Waals surface area contributed by atoms with Crippen LogP contribution >= 0.6 is 0 Å². The number of pyridine rings is 1. The first kappa shape index (κ1) is 25.2. The van der Waals surface area contributed by atoms with Crippen LogP contribution in [0, 0.1) is 11.8 Å². The summed E-state index contributed by atoms with van der Waals surface area (Å²) in [7, 11) is 2.47. The van der Waals surface area contributed by atoms with Gasteiger partial charge in [0.15, 0.2) is 13.2 Å². The van der Waals surface area contributed by atoms with Crippen LogP contribution in [0.25, 0.3) is 0 Å². The number of ether oxygens (including phenoxy) is 5. The molecule has 0 atom stereocenters. The third-order valence-corrected chi connectivity index (χ3v) is 3.92. The summed E-state index contributed by atoms with van der Waals surface area (Å²) in [5.41, 5.74) is 1.11. The van der Waals surface area contributed by atoms with E-state index in [1.54, 1.807) is 19.1 Å². The van der Waals surface area contributed by atoms with Crippen LogP contribution in [0.15, 0.2) is 30.3 Å². The fourth-order valence-corrected chi connectivity index (χ4v) is 2.41. The minimum atomic E-state index is -0.632. The molecule has 0 fully saturated rings. The zero-order chi connectivity index (χ0) is 24.2. The maximum Gasteiger partial charge on any atom is 0.356 e. The number of carbonyl (C=O) groups excluding carboxylic acids is 3. The second-order valence-electron chi connectivity index (χ2n) is 6.28. The van der Waals surface area contributed by atoms with Gasteiger partial charge in [-0.1, -0.05) is 11.8 Å². The van der Waals surface area contributed by atoms with Crippen molar-refractivity contribution in [1.29, 1.82) is 0 Å². The van der Waals surface area contributed by atoms with Crippen LogP contribution in [0.1, 0.15) is 34.2 Å². The lowest BCUT2D eigenvalue weighted by Gasteiger charge is -2.09. The van der Waals surface area contributed by atoms with Gasteiger partial charge in [-0.2, -0.15) is 0 Å². The van der Waals surface area contributed by atoms with E-state index in [9.17, 15) is 19.5 Å². The average Bonchev–Trinajstić information content (AvgIpc) is 2.84. The maximum atomic E-state index is 12.0. The fourth-order valence-electron chi connectivity index (χ4n) is 2.41. The molecule has 1 N–H and O–H groups in total. The third kappa shape index (κ3) is 8.16. The highest BCUT2D eigenvalue weighted by Crippen LogP contribution is 2.23. The summed E-state index contributed by atoms with van der Waals surface area (Å²) in [6.07, 6.45) is 0. The van der Waals surface area contributed by atoms with Crippen LogP contribution < -0.4 is 9.47 Å². The predicted molar refractivity (Wildman–Crippen MR) is 114 cm³/mol. The number of aliphatic hydroxyl groups excluding tert-OH is 1. The van der Waals surface area contributed by atoms with Crippen molar-refractivity contribution in [2.75, 3.05) is 34.0 Å². The van der Waals surface area contributed by atoms with Crippen molar-refractivity contribution in [3.8, 4) is 23.3 Å². The Labute approximate surface area is 190 Å². The quantitative estimate of drug-likeness (QED) is 0.333. The van der Waals surface area contributed by atoms with Crippen LogP contribution in [-0.2, 0) is 30.4 Å². The largest absolute Gasteiger partial charge is 0.482 e. The third-order valence-electron chi connectivity index (χ3n) is 3.92. The van der Waals surface area contributed by atoms with E-state index >= 15 is 0 Å². The van der Waals surface area contributed by atoms with Gasteiger partial charge in [-0.05, 0) is 31.2 Å². The molecule has 1 aromatic carbocycles. The van der Waals surface area contributed by atoms with Gasteiger partial charge in [0.1, 0.15) is 17.2 Å². The van der Waals surface area contributed by atoms with Crippen molar-refractivity contribution in [2.45, 2.75) is 13.5 Å². The summed E-state index contributed by atoms with van der Waals surface area (Å²) < 4.78 is 24.8. The normalized spacial score (nSPS) is 9.82. The monoisotopic (exact) mass is 457 g/mol. The minimum absolute atomic E-state index is 0.0185. The zero-order valence-corrected chi connectivity index (χ0v) is 18.4. The lowest BCUT2D eigenvalue weighted by Crippen LogP contribution is -2.14. The first-order valence-electron chi connectivity index (χ1n) is 9.73. The Bertz CT molecular complexity index is 1030. The molecule has 174 valence electrons. The van der Waals surface area contributed by atoms with Gasteiger partial charge in [-0.3, -0.25) is 0 Å². The van der Waals surface area contributed by atoms with Gasteiger partial charge in [0, 0.05) is 17.2 Å². The number of benzene rings is 1. The van der Waals surface area contributed by atoms with Crippen LogP contribution in [0.5, 0.6) is 11.5 Å². The molecule has 0 radical (unpaired) electrons. The number of aliphatic hydroxyl groups is 1. The number of hydrogen-bond acceptors (Lipinski definition) is 10. The van der Waals surface area contributed by atoms with Crippen molar-refractivity contribution < 1.29 is 43.2 Å². The van der Waals surface area contributed by atoms with E-state index in [2.05, 4.69) is 26.3 Å². The van der Waals surface area contributed by atoms with E-state index in [1.807, 2.05) is 0 Å². The summed E-state index contributed by atoms with van der Waals surface area (Å²) in [6, 6.07) is 7.56. The Morgan fingerprint density at radius 1 is 0.879 bits per heavy atom. The van der Waals surface area contributed by atoms with Gasteiger partial charge in [-0.15, -0.1) is 0 Å². The summed E-state index contributed by atoms with van der Waals surface area (Å²) in [5, 5.41) is 9.43. The zero-order valence-electron chi connectivity index (χ0n) is 18.4. The molecule has 10 nitrogen and oxygen atoms in total. The highest BCUT2D eigenvalue weighted by Gasteiger charge is 2.11. The summed E-state index contributed by atoms with van der Waals surface area (Å²) >= 11 is 0. The van der Waals surface area contributed by atoms with E-state index in [1.165, 1.54) is 32.4 Å². The topological polar surface area (TPSA) is 130 Å². The van der Waals surface area contributed by atoms with Crippen molar-refractivity contribution in [1.82, 2.24) is 4.98 Å². The summed E-state index contributed by atoms with van der Waals surface area (Å²) in [6.45, 7) is 0.791. The molecule has 0 aliphatic carbocycles. The first-order chi connectivity index (χ1) is 15.9. The van der Waals surface area contributed by atoms with Crippen molar-refractivity contribution in [3.63, 3.8) is 0 Å². The van der Waals surface area contributed by atoms with E-state index < -0.39 is 17.9 Å². The van der Waals surface area contributed by atoms with Gasteiger partial charge < -0.3 is 28.8 Å². The Morgan fingerprint density at radius 2 is 1.42 bits per heavy atom. The molecule has 33 heavy (non-hydrogen) atoms. The SMILES string of the molecule is CCOC(=O)c1cc(C#Cc2cc(OCC(=O)OC)cc(OCC(=O)OC)c2)cc(CO)n1. The molecular formula is C23H23NO9. The van der Waals surface area contributed by atoms with E-state index in [4.69, 9.17) is 14.2 Å². The number of methoxy groups -OCH3 is 2. The standard InChI is InChI=1S/C23H23NO9/c1-4-31-23(28)20-10-15(7-17(12-25)24-20)5-6-16-8-18(32-13-21(26)29-2)11-19(9-16)33-14-22(27)30-3/h7-11,25H,4,12-14H2,1-3H3. The molecule has 0 bridgehead atoms. The van der Waals surface area contributed by atoms with Crippen LogP contribution in [0.2, 0.25) is 0 Å². The summed E-state index contributed by atoms with van der Waals surface area (Å²) in [5.74, 6) is 4.48. The van der Waals surface area contributed by atoms with Crippen LogP contribution in [0.4, 0.5) is 0 Å². The number of carbonyl (C=O) groups is 3. The van der Waals surface area contributed by atoms with Gasteiger partial charge in [0.25, 0.3) is 0 Å². The number of nitrogens with zero attached hydrogens (tertiary/aromatic N) is 1. The Balaban J connectivity index is 2.37. The molecule has 0 amide bonds. The lowest BCUT2D eigenvalue weighted by molar-refractivity contribution is -0.143. The smallest absolute Gasteiger partial charge is 0.356 e. The summed E-state index contributed by atoms with van der Waals surface area (Å²) in [4.78, 5) is 38.8. The Hall–Kier alpha value is -4.10. The molecule has 0 spiro atoms. The van der Waals surface area contributed by atoms with Crippen molar-refractivity contribution in [2.24, 2.45) is 0 Å². The Kier molecular flexibility index (Phi) is 9.67. The lowest BCUT2D eigenvalue weighted by atomic mass is 10.1. The molecule has 0 saturated heterocycles. The number of esters is 3. The predicted octanol–water partition coefficient (Wildman–Crippen LogP) is 1.25. The van der Waals surface area contributed by atoms with Gasteiger partial charge in [0.2, 0.25) is 0 Å². The number of rotatable bonds is 9. The molecule has 0 saturated carbocycles.